The predicted molar refractivity (Wildman–Crippen MR) is 113 cm³/mol. The van der Waals surface area contributed by atoms with Gasteiger partial charge in [0.15, 0.2) is 11.5 Å². The van der Waals surface area contributed by atoms with E-state index in [0.29, 0.717) is 0 Å². The van der Waals surface area contributed by atoms with Crippen LogP contribution in [0, 0.1) is 0 Å². The molecule has 2 aromatic carbocycles. The van der Waals surface area contributed by atoms with E-state index in [2.05, 4.69) is 5.32 Å². The number of phenolic OH excluding ortho intramolecular Hbond substituents is 1. The molecule has 12 heteroatoms. The zero-order valence-electron chi connectivity index (χ0n) is 17.7. The van der Waals surface area contributed by atoms with E-state index in [1.165, 1.54) is 12.7 Å². The van der Waals surface area contributed by atoms with E-state index in [9.17, 15) is 24.4 Å². The van der Waals surface area contributed by atoms with Crippen LogP contribution in [0.1, 0.15) is 32.2 Å². The third-order valence-electron chi connectivity index (χ3n) is 6.52. The molecule has 3 N–H and O–H groups in total. The first-order valence-corrected chi connectivity index (χ1v) is 12.6. The fourth-order valence-electron chi connectivity index (χ4n) is 5.14. The lowest BCUT2D eigenvalue weighted by molar-refractivity contribution is -0.117. The lowest BCUT2D eigenvalue weighted by Gasteiger charge is -2.47. The van der Waals surface area contributed by atoms with E-state index >= 15 is 0 Å². The maximum Gasteiger partial charge on any atom is 0.338 e. The molecule has 0 spiro atoms. The highest BCUT2D eigenvalue weighted by Gasteiger charge is 2.62. The van der Waals surface area contributed by atoms with Gasteiger partial charge in [0, 0.05) is 12.6 Å². The molecular weight excluding hydrogens is 469 g/mol. The number of esters is 1. The van der Waals surface area contributed by atoms with Crippen molar-refractivity contribution in [3.05, 3.63) is 53.1 Å². The number of aliphatic hydroxyl groups excluding tert-OH is 1. The van der Waals surface area contributed by atoms with Crippen molar-refractivity contribution in [3.63, 3.8) is 0 Å². The maximum atomic E-state index is 13.0. The van der Waals surface area contributed by atoms with E-state index in [1.54, 1.807) is 30.3 Å². The second-order valence-corrected chi connectivity index (χ2v) is 10.6. The molecule has 0 bridgehead atoms. The number of benzene rings is 2. The molecule has 7 atom stereocenters. The van der Waals surface area contributed by atoms with Crippen molar-refractivity contribution in [1.29, 1.82) is 0 Å². The van der Waals surface area contributed by atoms with Crippen LogP contribution in [0.4, 0.5) is 0 Å². The minimum absolute atomic E-state index is 0.0259. The molecule has 0 aromatic heterocycles. The van der Waals surface area contributed by atoms with Gasteiger partial charge in [-0.1, -0.05) is 18.2 Å². The van der Waals surface area contributed by atoms with Crippen LogP contribution in [0.15, 0.2) is 36.4 Å². The number of phenols is 1. The normalized spacial score (nSPS) is 35.1. The number of hydrogen-bond donors (Lipinski definition) is 3. The van der Waals surface area contributed by atoms with Gasteiger partial charge in [0.2, 0.25) is 12.5 Å². The molecule has 1 amide bonds. The zero-order chi connectivity index (χ0) is 23.8. The van der Waals surface area contributed by atoms with Gasteiger partial charge in [-0.2, -0.15) is 0 Å². The Bertz CT molecular complexity index is 1250. The summed E-state index contributed by atoms with van der Waals surface area (Å²) in [5.74, 6) is -2.40. The minimum Gasteiger partial charge on any atom is -0.504 e. The van der Waals surface area contributed by atoms with Crippen molar-refractivity contribution < 1.29 is 47.6 Å². The van der Waals surface area contributed by atoms with Crippen LogP contribution in [0.5, 0.6) is 17.2 Å². The Kier molecular flexibility index (Phi) is 4.69. The Morgan fingerprint density at radius 1 is 1.18 bits per heavy atom. The van der Waals surface area contributed by atoms with Gasteiger partial charge in [-0.15, -0.1) is 0 Å². The highest BCUT2D eigenvalue weighted by atomic mass is 31.2. The van der Waals surface area contributed by atoms with Crippen LogP contribution in [0.2, 0.25) is 0 Å². The average Bonchev–Trinajstić information content (AvgIpc) is 3.41. The second-order valence-electron chi connectivity index (χ2n) is 8.59. The summed E-state index contributed by atoms with van der Waals surface area (Å²) in [7, 11) is -3.54. The molecule has 178 valence electrons. The van der Waals surface area contributed by atoms with Crippen LogP contribution in [-0.4, -0.2) is 66.0 Å². The Labute approximate surface area is 193 Å². The highest BCUT2D eigenvalue weighted by molar-refractivity contribution is 7.53. The molecule has 3 heterocycles. The van der Waals surface area contributed by atoms with Crippen molar-refractivity contribution in [1.82, 2.24) is 5.32 Å². The second kappa shape index (κ2) is 7.44. The summed E-state index contributed by atoms with van der Waals surface area (Å²) >= 11 is 0. The molecule has 1 saturated carbocycles. The first-order chi connectivity index (χ1) is 16.2. The third-order valence-corrected chi connectivity index (χ3v) is 7.78. The van der Waals surface area contributed by atoms with Crippen LogP contribution >= 0.6 is 7.60 Å². The van der Waals surface area contributed by atoms with E-state index in [1.807, 2.05) is 0 Å². The fraction of sp³-hybridized carbons (Fsp3) is 0.364. The number of fused-ring (bicyclic) bond motifs is 6. The number of aromatic hydroxyl groups is 1. The molecule has 6 rings (SSSR count). The number of amides is 1. The SMILES string of the molecule is CP1(=O)O[C@@H]2[C@@H](O)[C@H](OC(=O)c3ccccc3)[C@@H]3c4cc5c(c(O)c4C(=O)N[C@H]3[C@@H]2O1)OCO5. The summed E-state index contributed by atoms with van der Waals surface area (Å²) in [4.78, 5) is 26.0. The van der Waals surface area contributed by atoms with Gasteiger partial charge in [-0.3, -0.25) is 13.9 Å². The van der Waals surface area contributed by atoms with Gasteiger partial charge >= 0.3 is 13.6 Å². The van der Waals surface area contributed by atoms with Crippen LogP contribution in [0.3, 0.4) is 0 Å². The lowest BCUT2D eigenvalue weighted by atomic mass is 9.70. The van der Waals surface area contributed by atoms with Gasteiger partial charge in [0.05, 0.1) is 17.2 Å². The smallest absolute Gasteiger partial charge is 0.338 e. The lowest BCUT2D eigenvalue weighted by Crippen LogP contribution is -2.66. The summed E-state index contributed by atoms with van der Waals surface area (Å²) < 4.78 is 40.2. The molecule has 1 saturated heterocycles. The minimum atomic E-state index is -3.54. The number of aliphatic hydroxyl groups is 1. The van der Waals surface area contributed by atoms with E-state index in [4.69, 9.17) is 23.3 Å². The summed E-state index contributed by atoms with van der Waals surface area (Å²) in [5.41, 5.74) is 0.447. The van der Waals surface area contributed by atoms with Gasteiger partial charge in [-0.05, 0) is 23.8 Å². The van der Waals surface area contributed by atoms with Crippen molar-refractivity contribution in [2.45, 2.75) is 36.4 Å². The quantitative estimate of drug-likeness (QED) is 0.419. The Hall–Kier alpha value is -3.11. The van der Waals surface area contributed by atoms with Gasteiger partial charge in [0.1, 0.15) is 24.4 Å². The van der Waals surface area contributed by atoms with Crippen molar-refractivity contribution in [2.24, 2.45) is 0 Å². The third kappa shape index (κ3) is 3.12. The standard InChI is InChI=1S/C22H20NO10P/c1-34(28)32-19-14-12(10-7-11-17(30-8-29-11)15(24)13(10)21(26)23-14)18(16(25)20(19)33-34)31-22(27)9-5-3-2-4-6-9/h2-7,12,14,16,18-20,24-25H,8H2,1H3,(H,23,26)/t12-,14-,16+,18-,19+,20-,34?/m1/s1. The molecular formula is C22H20NO10P. The Balaban J connectivity index is 1.48. The van der Waals surface area contributed by atoms with E-state index in [0.717, 1.165) is 0 Å². The Morgan fingerprint density at radius 3 is 2.68 bits per heavy atom. The first-order valence-electron chi connectivity index (χ1n) is 10.6. The number of ether oxygens (including phenoxy) is 3. The number of carbonyl (C=O) groups is 2. The summed E-state index contributed by atoms with van der Waals surface area (Å²) in [5, 5.41) is 24.7. The topological polar surface area (TPSA) is 150 Å². The average molecular weight is 489 g/mol. The first kappa shape index (κ1) is 21.4. The molecule has 11 nitrogen and oxygen atoms in total. The largest absolute Gasteiger partial charge is 0.504 e. The number of rotatable bonds is 2. The molecule has 3 aliphatic heterocycles. The molecule has 2 fully saturated rings. The van der Waals surface area contributed by atoms with Crippen LogP contribution in [-0.2, 0) is 18.3 Å². The summed E-state index contributed by atoms with van der Waals surface area (Å²) in [6, 6.07) is 8.85. The van der Waals surface area contributed by atoms with Gasteiger partial charge in [-0.25, -0.2) is 4.79 Å². The highest BCUT2D eigenvalue weighted by Crippen LogP contribution is 2.59. The molecule has 0 radical (unpaired) electrons. The molecule has 2 aromatic rings. The maximum absolute atomic E-state index is 13.0. The predicted octanol–water partition coefficient (Wildman–Crippen LogP) is 1.52. The van der Waals surface area contributed by atoms with Crippen LogP contribution in [0.25, 0.3) is 0 Å². The monoisotopic (exact) mass is 489 g/mol. The van der Waals surface area contributed by atoms with Crippen LogP contribution < -0.4 is 14.8 Å². The van der Waals surface area contributed by atoms with E-state index < -0.39 is 61.6 Å². The zero-order valence-corrected chi connectivity index (χ0v) is 18.6. The molecule has 1 unspecified atom stereocenters. The number of nitrogens with one attached hydrogen (secondary N) is 1. The van der Waals surface area contributed by atoms with Crippen molar-refractivity contribution in [3.8, 4) is 17.2 Å². The number of carbonyl (C=O) groups excluding carboxylic acids is 2. The van der Waals surface area contributed by atoms with E-state index in [-0.39, 0.29) is 35.0 Å². The Morgan fingerprint density at radius 2 is 1.91 bits per heavy atom. The fourth-order valence-corrected chi connectivity index (χ4v) is 6.57. The van der Waals surface area contributed by atoms with Gasteiger partial charge < -0.3 is 34.3 Å². The summed E-state index contributed by atoms with van der Waals surface area (Å²) in [6.45, 7) is 1.12. The molecule has 34 heavy (non-hydrogen) atoms. The molecule has 4 aliphatic rings. The molecule has 1 aliphatic carbocycles. The number of hydrogen-bond acceptors (Lipinski definition) is 10. The van der Waals surface area contributed by atoms with Crippen molar-refractivity contribution >= 4 is 19.5 Å². The summed E-state index contributed by atoms with van der Waals surface area (Å²) in [6.07, 6.45) is -4.77. The van der Waals surface area contributed by atoms with Crippen molar-refractivity contribution in [2.75, 3.05) is 13.5 Å². The van der Waals surface area contributed by atoms with Gasteiger partial charge in [0.25, 0.3) is 5.91 Å².